The summed E-state index contributed by atoms with van der Waals surface area (Å²) in [5.74, 6) is -0.0275. The Labute approximate surface area is 134 Å². The Kier molecular flexibility index (Phi) is 4.14. The van der Waals surface area contributed by atoms with Crippen LogP contribution in [-0.2, 0) is 0 Å². The highest BCUT2D eigenvalue weighted by Gasteiger charge is 2.18. The largest absolute Gasteiger partial charge is 0.335 e. The molecule has 6 heteroatoms. The van der Waals surface area contributed by atoms with Gasteiger partial charge >= 0.3 is 0 Å². The van der Waals surface area contributed by atoms with Crippen molar-refractivity contribution >= 4 is 5.91 Å². The van der Waals surface area contributed by atoms with Crippen LogP contribution in [0.15, 0.2) is 61.4 Å². The number of aromatic nitrogens is 4. The zero-order valence-electron chi connectivity index (χ0n) is 13.0. The van der Waals surface area contributed by atoms with E-state index in [1.807, 2.05) is 31.2 Å². The molecule has 0 fully saturated rings. The van der Waals surface area contributed by atoms with E-state index in [4.69, 9.17) is 0 Å². The van der Waals surface area contributed by atoms with Crippen molar-refractivity contribution in [3.05, 3.63) is 72.6 Å². The molecule has 0 N–H and O–H groups in total. The molecule has 3 aromatic rings. The highest BCUT2D eigenvalue weighted by atomic mass is 16.2. The lowest BCUT2D eigenvalue weighted by Gasteiger charge is -2.25. The molecule has 1 atom stereocenters. The molecular formula is C17H17N5O. The van der Waals surface area contributed by atoms with Gasteiger partial charge in [-0.15, -0.1) is 0 Å². The maximum Gasteiger partial charge on any atom is 0.254 e. The molecule has 1 aromatic carbocycles. The van der Waals surface area contributed by atoms with Crippen LogP contribution in [0.25, 0.3) is 5.69 Å². The van der Waals surface area contributed by atoms with Crippen molar-refractivity contribution in [2.45, 2.75) is 13.0 Å². The second-order valence-electron chi connectivity index (χ2n) is 5.26. The number of nitrogens with zero attached hydrogens (tertiary/aromatic N) is 5. The minimum Gasteiger partial charge on any atom is -0.335 e. The van der Waals surface area contributed by atoms with Gasteiger partial charge in [-0.3, -0.25) is 9.78 Å². The predicted molar refractivity (Wildman–Crippen MR) is 86.1 cm³/mol. The van der Waals surface area contributed by atoms with Crippen LogP contribution in [-0.4, -0.2) is 37.6 Å². The molecular weight excluding hydrogens is 290 g/mol. The first kappa shape index (κ1) is 14.9. The number of carbonyl (C=O) groups is 1. The quantitative estimate of drug-likeness (QED) is 0.743. The molecule has 3 rings (SSSR count). The molecule has 1 unspecified atom stereocenters. The molecule has 1 amide bonds. The average molecular weight is 307 g/mol. The van der Waals surface area contributed by atoms with Crippen molar-refractivity contribution in [3.8, 4) is 5.69 Å². The molecule has 0 aliphatic carbocycles. The first-order chi connectivity index (χ1) is 11.2. The van der Waals surface area contributed by atoms with Gasteiger partial charge in [-0.05, 0) is 36.8 Å². The van der Waals surface area contributed by atoms with E-state index in [2.05, 4.69) is 15.1 Å². The van der Waals surface area contributed by atoms with E-state index in [1.165, 1.54) is 6.33 Å². The molecule has 6 nitrogen and oxygen atoms in total. The number of hydrogen-bond acceptors (Lipinski definition) is 4. The Hall–Kier alpha value is -3.02. The van der Waals surface area contributed by atoms with Crippen molar-refractivity contribution in [2.75, 3.05) is 7.05 Å². The highest BCUT2D eigenvalue weighted by Crippen LogP contribution is 2.21. The summed E-state index contributed by atoms with van der Waals surface area (Å²) >= 11 is 0. The molecule has 116 valence electrons. The summed E-state index contributed by atoms with van der Waals surface area (Å²) in [4.78, 5) is 22.1. The van der Waals surface area contributed by atoms with Crippen molar-refractivity contribution in [2.24, 2.45) is 0 Å². The fraction of sp³-hybridized carbons (Fsp3) is 0.176. The van der Waals surface area contributed by atoms with Crippen LogP contribution in [0.4, 0.5) is 0 Å². The van der Waals surface area contributed by atoms with Crippen molar-refractivity contribution < 1.29 is 4.79 Å². The van der Waals surface area contributed by atoms with Crippen LogP contribution in [0.5, 0.6) is 0 Å². The Bertz CT molecular complexity index is 769. The molecule has 0 aliphatic heterocycles. The van der Waals surface area contributed by atoms with Gasteiger partial charge in [0.25, 0.3) is 5.91 Å². The van der Waals surface area contributed by atoms with E-state index in [9.17, 15) is 4.79 Å². The SMILES string of the molecule is CC(c1ccc(-n2cncn2)cc1)N(C)C(=O)c1ccncc1. The number of benzene rings is 1. The summed E-state index contributed by atoms with van der Waals surface area (Å²) in [5.41, 5.74) is 2.62. The first-order valence-electron chi connectivity index (χ1n) is 7.29. The summed E-state index contributed by atoms with van der Waals surface area (Å²) in [7, 11) is 1.80. The number of amides is 1. The molecule has 0 spiro atoms. The van der Waals surface area contributed by atoms with Gasteiger partial charge in [0.1, 0.15) is 12.7 Å². The fourth-order valence-electron chi connectivity index (χ4n) is 2.34. The van der Waals surface area contributed by atoms with Crippen molar-refractivity contribution in [1.82, 2.24) is 24.6 Å². The zero-order chi connectivity index (χ0) is 16.2. The minimum absolute atomic E-state index is 0.0275. The molecule has 0 bridgehead atoms. The van der Waals surface area contributed by atoms with Gasteiger partial charge in [0.2, 0.25) is 0 Å². The van der Waals surface area contributed by atoms with Crippen LogP contribution >= 0.6 is 0 Å². The Morgan fingerprint density at radius 1 is 1.09 bits per heavy atom. The van der Waals surface area contributed by atoms with Crippen LogP contribution in [0.3, 0.4) is 0 Å². The Morgan fingerprint density at radius 2 is 1.78 bits per heavy atom. The van der Waals surface area contributed by atoms with Crippen LogP contribution in [0, 0.1) is 0 Å². The molecule has 0 saturated carbocycles. The van der Waals surface area contributed by atoms with Gasteiger partial charge in [-0.2, -0.15) is 5.10 Å². The maximum absolute atomic E-state index is 12.5. The summed E-state index contributed by atoms with van der Waals surface area (Å²) in [6, 6.07) is 11.3. The highest BCUT2D eigenvalue weighted by molar-refractivity contribution is 5.94. The fourth-order valence-corrected chi connectivity index (χ4v) is 2.34. The predicted octanol–water partition coefficient (Wildman–Crippen LogP) is 2.50. The standard InChI is InChI=1S/C17H17N5O/c1-13(21(2)17(23)15-7-9-18-10-8-15)14-3-5-16(6-4-14)22-12-19-11-20-22/h3-13H,1-2H3. The maximum atomic E-state index is 12.5. The smallest absolute Gasteiger partial charge is 0.254 e. The first-order valence-corrected chi connectivity index (χ1v) is 7.29. The Balaban J connectivity index is 1.77. The van der Waals surface area contributed by atoms with Gasteiger partial charge in [0.05, 0.1) is 11.7 Å². The molecule has 0 aliphatic rings. The molecule has 23 heavy (non-hydrogen) atoms. The number of pyridine rings is 1. The molecule has 0 saturated heterocycles. The van der Waals surface area contributed by atoms with E-state index in [-0.39, 0.29) is 11.9 Å². The molecule has 2 aromatic heterocycles. The van der Waals surface area contributed by atoms with E-state index < -0.39 is 0 Å². The average Bonchev–Trinajstić information content (AvgIpc) is 3.15. The van der Waals surface area contributed by atoms with Crippen molar-refractivity contribution in [3.63, 3.8) is 0 Å². The molecule has 2 heterocycles. The Morgan fingerprint density at radius 3 is 2.39 bits per heavy atom. The number of rotatable bonds is 4. The monoisotopic (exact) mass is 307 g/mol. The van der Waals surface area contributed by atoms with Gasteiger partial charge in [-0.25, -0.2) is 9.67 Å². The normalized spacial score (nSPS) is 11.9. The van der Waals surface area contributed by atoms with Gasteiger partial charge in [-0.1, -0.05) is 12.1 Å². The van der Waals surface area contributed by atoms with Crippen molar-refractivity contribution in [1.29, 1.82) is 0 Å². The summed E-state index contributed by atoms with van der Waals surface area (Å²) in [5, 5.41) is 4.10. The zero-order valence-corrected chi connectivity index (χ0v) is 13.0. The van der Waals surface area contributed by atoms with E-state index in [1.54, 1.807) is 47.5 Å². The van der Waals surface area contributed by atoms with Crippen LogP contribution in [0.2, 0.25) is 0 Å². The lowest BCUT2D eigenvalue weighted by molar-refractivity contribution is 0.0742. The summed E-state index contributed by atoms with van der Waals surface area (Å²) < 4.78 is 1.69. The number of carbonyl (C=O) groups excluding carboxylic acids is 1. The van der Waals surface area contributed by atoms with E-state index in [0.717, 1.165) is 11.3 Å². The van der Waals surface area contributed by atoms with Gasteiger partial charge in [0.15, 0.2) is 0 Å². The number of hydrogen-bond donors (Lipinski definition) is 0. The molecule has 0 radical (unpaired) electrons. The second-order valence-corrected chi connectivity index (χ2v) is 5.26. The van der Waals surface area contributed by atoms with E-state index in [0.29, 0.717) is 5.56 Å². The van der Waals surface area contributed by atoms with Crippen LogP contribution in [0.1, 0.15) is 28.9 Å². The van der Waals surface area contributed by atoms with Crippen LogP contribution < -0.4 is 0 Å². The topological polar surface area (TPSA) is 63.9 Å². The third kappa shape index (κ3) is 3.11. The third-order valence-corrected chi connectivity index (χ3v) is 3.89. The lowest BCUT2D eigenvalue weighted by Crippen LogP contribution is -2.29. The summed E-state index contributed by atoms with van der Waals surface area (Å²) in [6.45, 7) is 2.00. The van der Waals surface area contributed by atoms with Gasteiger partial charge < -0.3 is 4.90 Å². The third-order valence-electron chi connectivity index (χ3n) is 3.89. The summed E-state index contributed by atoms with van der Waals surface area (Å²) in [6.07, 6.45) is 6.40. The second kappa shape index (κ2) is 6.39. The van der Waals surface area contributed by atoms with Gasteiger partial charge in [0, 0.05) is 25.0 Å². The lowest BCUT2D eigenvalue weighted by atomic mass is 10.1. The minimum atomic E-state index is -0.0412. The van der Waals surface area contributed by atoms with E-state index >= 15 is 0 Å².